The van der Waals surface area contributed by atoms with Gasteiger partial charge in [-0.05, 0) is 25.8 Å². The van der Waals surface area contributed by atoms with Crippen LogP contribution in [0.3, 0.4) is 0 Å². The topological polar surface area (TPSA) is 49.3 Å². The first-order valence-electron chi connectivity index (χ1n) is 5.92. The summed E-state index contributed by atoms with van der Waals surface area (Å²) in [6.07, 6.45) is 0.721. The van der Waals surface area contributed by atoms with Crippen molar-refractivity contribution in [2.45, 2.75) is 32.8 Å². The van der Waals surface area contributed by atoms with Gasteiger partial charge in [-0.15, -0.1) is 0 Å². The van der Waals surface area contributed by atoms with E-state index < -0.39 is 5.60 Å². The monoisotopic (exact) mass is 235 g/mol. The minimum absolute atomic E-state index is 0.0176. The number of aliphatic hydroxyl groups is 1. The minimum atomic E-state index is -0.859. The fourth-order valence-electron chi connectivity index (χ4n) is 1.54. The second-order valence-electron chi connectivity index (χ2n) is 5.12. The van der Waals surface area contributed by atoms with Crippen molar-refractivity contribution in [3.63, 3.8) is 0 Å². The van der Waals surface area contributed by atoms with Gasteiger partial charge in [0.1, 0.15) is 0 Å². The summed E-state index contributed by atoms with van der Waals surface area (Å²) in [4.78, 5) is 11.8. The van der Waals surface area contributed by atoms with Crippen LogP contribution in [-0.2, 0) is 11.2 Å². The highest BCUT2D eigenvalue weighted by Crippen LogP contribution is 2.08. The third-order valence-electron chi connectivity index (χ3n) is 2.53. The highest BCUT2D eigenvalue weighted by Gasteiger charge is 2.17. The molecule has 0 heterocycles. The van der Waals surface area contributed by atoms with Gasteiger partial charge in [0.05, 0.1) is 5.60 Å². The van der Waals surface area contributed by atoms with Crippen molar-refractivity contribution < 1.29 is 9.90 Å². The molecule has 3 heteroatoms. The van der Waals surface area contributed by atoms with Crippen LogP contribution in [0.5, 0.6) is 0 Å². The van der Waals surface area contributed by atoms with Gasteiger partial charge in [-0.3, -0.25) is 4.79 Å². The summed E-state index contributed by atoms with van der Waals surface area (Å²) >= 11 is 0. The van der Waals surface area contributed by atoms with Gasteiger partial charge in [0.15, 0.2) is 0 Å². The molecule has 0 radical (unpaired) electrons. The van der Waals surface area contributed by atoms with E-state index in [2.05, 4.69) is 5.32 Å². The Bertz CT molecular complexity index is 354. The third-order valence-corrected chi connectivity index (χ3v) is 2.53. The molecular weight excluding hydrogens is 214 g/mol. The van der Waals surface area contributed by atoms with Crippen molar-refractivity contribution >= 4 is 5.91 Å². The van der Waals surface area contributed by atoms with Crippen molar-refractivity contribution in [3.8, 4) is 0 Å². The smallest absolute Gasteiger partial charge is 0.223 e. The van der Waals surface area contributed by atoms with Crippen molar-refractivity contribution in [1.82, 2.24) is 5.32 Å². The van der Waals surface area contributed by atoms with Gasteiger partial charge in [0.25, 0.3) is 0 Å². The summed E-state index contributed by atoms with van der Waals surface area (Å²) in [7, 11) is 0. The number of rotatable bonds is 5. The maximum absolute atomic E-state index is 11.8. The van der Waals surface area contributed by atoms with E-state index in [1.165, 1.54) is 0 Å². The summed E-state index contributed by atoms with van der Waals surface area (Å²) in [5, 5.41) is 12.3. The minimum Gasteiger partial charge on any atom is -0.389 e. The Kier molecular flexibility index (Phi) is 4.70. The molecule has 2 N–H and O–H groups in total. The molecule has 0 spiro atoms. The molecule has 0 aliphatic rings. The van der Waals surface area contributed by atoms with E-state index in [4.69, 9.17) is 0 Å². The third kappa shape index (κ3) is 5.50. The van der Waals surface area contributed by atoms with Crippen LogP contribution in [0.4, 0.5) is 0 Å². The van der Waals surface area contributed by atoms with Crippen LogP contribution in [0.25, 0.3) is 0 Å². The van der Waals surface area contributed by atoms with Crippen LogP contribution >= 0.6 is 0 Å². The lowest BCUT2D eigenvalue weighted by Gasteiger charge is -2.19. The van der Waals surface area contributed by atoms with Crippen LogP contribution in [0.15, 0.2) is 30.3 Å². The number of hydrogen-bond donors (Lipinski definition) is 2. The summed E-state index contributed by atoms with van der Waals surface area (Å²) in [6, 6.07) is 9.93. The number of amides is 1. The van der Waals surface area contributed by atoms with Gasteiger partial charge < -0.3 is 10.4 Å². The molecule has 0 aromatic heterocycles. The van der Waals surface area contributed by atoms with Crippen LogP contribution in [0, 0.1) is 5.92 Å². The quantitative estimate of drug-likeness (QED) is 0.817. The highest BCUT2D eigenvalue weighted by atomic mass is 16.3. The lowest BCUT2D eigenvalue weighted by atomic mass is 10.00. The highest BCUT2D eigenvalue weighted by molar-refractivity contribution is 5.78. The first kappa shape index (κ1) is 13.7. The number of carbonyl (C=O) groups excluding carboxylic acids is 1. The van der Waals surface area contributed by atoms with E-state index >= 15 is 0 Å². The maximum atomic E-state index is 11.8. The molecule has 1 aromatic carbocycles. The Labute approximate surface area is 103 Å². The van der Waals surface area contributed by atoms with Crippen LogP contribution < -0.4 is 5.32 Å². The van der Waals surface area contributed by atoms with Crippen molar-refractivity contribution in [2.24, 2.45) is 5.92 Å². The average Bonchev–Trinajstić information content (AvgIpc) is 2.26. The second kappa shape index (κ2) is 5.82. The van der Waals surface area contributed by atoms with Crippen LogP contribution in [0.2, 0.25) is 0 Å². The summed E-state index contributed by atoms with van der Waals surface area (Å²) in [6.45, 7) is 5.53. The van der Waals surface area contributed by atoms with Gasteiger partial charge in [0, 0.05) is 12.5 Å². The molecule has 1 aromatic rings. The predicted octanol–water partition coefficient (Wildman–Crippen LogP) is 1.75. The summed E-state index contributed by atoms with van der Waals surface area (Å²) in [5.74, 6) is -0.101. The van der Waals surface area contributed by atoms with Crippen molar-refractivity contribution in [1.29, 1.82) is 0 Å². The van der Waals surface area contributed by atoms with Gasteiger partial charge in [-0.1, -0.05) is 37.3 Å². The molecule has 1 atom stereocenters. The molecule has 3 nitrogen and oxygen atoms in total. The summed E-state index contributed by atoms with van der Waals surface area (Å²) < 4.78 is 0. The Morgan fingerprint density at radius 3 is 2.47 bits per heavy atom. The van der Waals surface area contributed by atoms with Crippen LogP contribution in [-0.4, -0.2) is 23.2 Å². The zero-order valence-electron chi connectivity index (χ0n) is 10.7. The van der Waals surface area contributed by atoms with Crippen molar-refractivity contribution in [3.05, 3.63) is 35.9 Å². The molecular formula is C14H21NO2. The molecule has 17 heavy (non-hydrogen) atoms. The van der Waals surface area contributed by atoms with E-state index in [9.17, 15) is 9.90 Å². The van der Waals surface area contributed by atoms with E-state index in [1.54, 1.807) is 13.8 Å². The number of benzene rings is 1. The Morgan fingerprint density at radius 2 is 1.94 bits per heavy atom. The molecule has 0 saturated carbocycles. The van der Waals surface area contributed by atoms with Crippen molar-refractivity contribution in [2.75, 3.05) is 6.54 Å². The largest absolute Gasteiger partial charge is 0.389 e. The molecule has 1 amide bonds. The van der Waals surface area contributed by atoms with E-state index in [0.717, 1.165) is 12.0 Å². The SMILES string of the molecule is CC(Cc1ccccc1)C(=O)NCC(C)(C)O. The van der Waals surface area contributed by atoms with Gasteiger partial charge in [-0.2, -0.15) is 0 Å². The first-order valence-corrected chi connectivity index (χ1v) is 5.92. The Balaban J connectivity index is 2.43. The molecule has 0 fully saturated rings. The molecule has 0 saturated heterocycles. The molecule has 0 aliphatic heterocycles. The van der Waals surface area contributed by atoms with E-state index in [1.807, 2.05) is 37.3 Å². The normalized spacial score (nSPS) is 13.2. The van der Waals surface area contributed by atoms with Gasteiger partial charge >= 0.3 is 0 Å². The first-order chi connectivity index (χ1) is 7.88. The maximum Gasteiger partial charge on any atom is 0.223 e. The van der Waals surface area contributed by atoms with Crippen LogP contribution in [0.1, 0.15) is 26.3 Å². The van der Waals surface area contributed by atoms with E-state index in [0.29, 0.717) is 0 Å². The zero-order chi connectivity index (χ0) is 12.9. The predicted molar refractivity (Wildman–Crippen MR) is 68.6 cm³/mol. The average molecular weight is 235 g/mol. The van der Waals surface area contributed by atoms with Gasteiger partial charge in [-0.25, -0.2) is 0 Å². The second-order valence-corrected chi connectivity index (χ2v) is 5.12. The number of carbonyl (C=O) groups is 1. The molecule has 0 aliphatic carbocycles. The fraction of sp³-hybridized carbons (Fsp3) is 0.500. The van der Waals surface area contributed by atoms with E-state index in [-0.39, 0.29) is 18.4 Å². The summed E-state index contributed by atoms with van der Waals surface area (Å²) in [5.41, 5.74) is 0.292. The molecule has 0 bridgehead atoms. The lowest BCUT2D eigenvalue weighted by Crippen LogP contribution is -2.40. The molecule has 94 valence electrons. The lowest BCUT2D eigenvalue weighted by molar-refractivity contribution is -0.125. The standard InChI is InChI=1S/C14H21NO2/c1-11(9-12-7-5-4-6-8-12)13(16)15-10-14(2,3)17/h4-8,11,17H,9-10H2,1-3H3,(H,15,16). The number of nitrogens with one attached hydrogen (secondary N) is 1. The van der Waals surface area contributed by atoms with Gasteiger partial charge in [0.2, 0.25) is 5.91 Å². The fourth-order valence-corrected chi connectivity index (χ4v) is 1.54. The Morgan fingerprint density at radius 1 is 1.35 bits per heavy atom. The molecule has 1 rings (SSSR count). The molecule has 1 unspecified atom stereocenters. The zero-order valence-corrected chi connectivity index (χ0v) is 10.7. The Hall–Kier alpha value is -1.35. The number of hydrogen-bond acceptors (Lipinski definition) is 2.